The van der Waals surface area contributed by atoms with Crippen LogP contribution < -0.4 is 14.8 Å². The van der Waals surface area contributed by atoms with E-state index >= 15 is 0 Å². The van der Waals surface area contributed by atoms with Gasteiger partial charge in [0.1, 0.15) is 0 Å². The number of nitrogens with one attached hydrogen (secondary N) is 1. The number of fused-ring (bicyclic) bond motifs is 1. The lowest BCUT2D eigenvalue weighted by molar-refractivity contribution is 0.174. The fourth-order valence-corrected chi connectivity index (χ4v) is 2.91. The molecule has 3 nitrogen and oxygen atoms in total. The minimum atomic E-state index is 0.320. The summed E-state index contributed by atoms with van der Waals surface area (Å²) in [6.45, 7) is 2.51. The number of hydrogen-bond acceptors (Lipinski definition) is 4. The average molecular weight is 261 g/mol. The van der Waals surface area contributed by atoms with Crippen molar-refractivity contribution in [2.45, 2.75) is 19.4 Å². The minimum Gasteiger partial charge on any atom is -0.454 e. The molecule has 0 saturated heterocycles. The number of rotatable bonds is 4. The number of anilines is 1. The van der Waals surface area contributed by atoms with E-state index in [1.54, 1.807) is 11.3 Å². The lowest BCUT2D eigenvalue weighted by atomic mass is 10.1. The first-order valence-corrected chi connectivity index (χ1v) is 6.94. The second kappa shape index (κ2) is 4.90. The Bertz CT molecular complexity index is 525. The normalized spacial score (nSPS) is 14.5. The van der Waals surface area contributed by atoms with Gasteiger partial charge < -0.3 is 14.8 Å². The topological polar surface area (TPSA) is 30.5 Å². The smallest absolute Gasteiger partial charge is 0.231 e. The van der Waals surface area contributed by atoms with Gasteiger partial charge in [0, 0.05) is 16.6 Å². The molecule has 1 aliphatic rings. The largest absolute Gasteiger partial charge is 0.454 e. The number of ether oxygens (including phenoxy) is 2. The van der Waals surface area contributed by atoms with Crippen LogP contribution in [-0.2, 0) is 0 Å². The summed E-state index contributed by atoms with van der Waals surface area (Å²) in [6.07, 6.45) is 1.05. The first-order valence-electron chi connectivity index (χ1n) is 6.06. The fourth-order valence-electron chi connectivity index (χ4n) is 2.05. The molecule has 1 aliphatic heterocycles. The van der Waals surface area contributed by atoms with Crippen molar-refractivity contribution in [3.63, 3.8) is 0 Å². The summed E-state index contributed by atoms with van der Waals surface area (Å²) in [5.41, 5.74) is 1.07. The summed E-state index contributed by atoms with van der Waals surface area (Å²) in [7, 11) is 0. The van der Waals surface area contributed by atoms with Crippen LogP contribution in [0.25, 0.3) is 0 Å². The van der Waals surface area contributed by atoms with Gasteiger partial charge in [0.25, 0.3) is 0 Å². The van der Waals surface area contributed by atoms with Gasteiger partial charge in [0.15, 0.2) is 11.5 Å². The Kier molecular flexibility index (Phi) is 3.11. The van der Waals surface area contributed by atoms with Crippen molar-refractivity contribution in [3.8, 4) is 11.5 Å². The minimum absolute atomic E-state index is 0.320. The first kappa shape index (κ1) is 11.4. The molecular formula is C14H15NO2S. The van der Waals surface area contributed by atoms with Gasteiger partial charge in [-0.1, -0.05) is 13.0 Å². The second-order valence-corrected chi connectivity index (χ2v) is 5.17. The molecule has 0 saturated carbocycles. The van der Waals surface area contributed by atoms with E-state index in [4.69, 9.17) is 9.47 Å². The van der Waals surface area contributed by atoms with E-state index in [2.05, 4.69) is 29.8 Å². The van der Waals surface area contributed by atoms with E-state index in [9.17, 15) is 0 Å². The van der Waals surface area contributed by atoms with E-state index < -0.39 is 0 Å². The number of thiophene rings is 1. The molecule has 0 fully saturated rings. The molecule has 1 atom stereocenters. The van der Waals surface area contributed by atoms with E-state index in [-0.39, 0.29) is 0 Å². The Morgan fingerprint density at radius 1 is 1.28 bits per heavy atom. The maximum absolute atomic E-state index is 5.39. The Hall–Kier alpha value is -1.68. The monoisotopic (exact) mass is 261 g/mol. The molecule has 0 radical (unpaired) electrons. The van der Waals surface area contributed by atoms with Crippen LogP contribution in [0.2, 0.25) is 0 Å². The van der Waals surface area contributed by atoms with Crippen molar-refractivity contribution in [1.29, 1.82) is 0 Å². The highest BCUT2D eigenvalue weighted by Crippen LogP contribution is 2.36. The molecule has 0 bridgehead atoms. The molecule has 2 heterocycles. The molecule has 1 aromatic carbocycles. The van der Waals surface area contributed by atoms with Crippen LogP contribution in [-0.4, -0.2) is 6.79 Å². The van der Waals surface area contributed by atoms with Gasteiger partial charge >= 0.3 is 0 Å². The third-order valence-corrected chi connectivity index (χ3v) is 3.99. The molecule has 3 rings (SSSR count). The highest BCUT2D eigenvalue weighted by atomic mass is 32.1. The highest BCUT2D eigenvalue weighted by molar-refractivity contribution is 7.10. The zero-order valence-corrected chi connectivity index (χ0v) is 11.0. The Balaban J connectivity index is 1.79. The van der Waals surface area contributed by atoms with Gasteiger partial charge in [0.05, 0.1) is 6.04 Å². The molecule has 94 valence electrons. The number of hydrogen-bond donors (Lipinski definition) is 1. The van der Waals surface area contributed by atoms with Crippen molar-refractivity contribution in [2.24, 2.45) is 0 Å². The zero-order chi connectivity index (χ0) is 12.4. The molecular weight excluding hydrogens is 246 g/mol. The van der Waals surface area contributed by atoms with Crippen LogP contribution in [0.15, 0.2) is 35.7 Å². The lowest BCUT2D eigenvalue weighted by Gasteiger charge is -2.17. The van der Waals surface area contributed by atoms with Crippen molar-refractivity contribution < 1.29 is 9.47 Å². The summed E-state index contributed by atoms with van der Waals surface area (Å²) in [6, 6.07) is 10.6. The van der Waals surface area contributed by atoms with E-state index in [1.807, 2.05) is 18.2 Å². The maximum atomic E-state index is 5.39. The summed E-state index contributed by atoms with van der Waals surface area (Å²) in [4.78, 5) is 1.36. The van der Waals surface area contributed by atoms with Crippen molar-refractivity contribution >= 4 is 17.0 Å². The molecule has 1 N–H and O–H groups in total. The first-order chi connectivity index (χ1) is 8.86. The molecule has 2 aromatic rings. The third-order valence-electron chi connectivity index (χ3n) is 3.01. The van der Waals surface area contributed by atoms with Crippen LogP contribution in [0.3, 0.4) is 0 Å². The summed E-state index contributed by atoms with van der Waals surface area (Å²) >= 11 is 1.78. The maximum Gasteiger partial charge on any atom is 0.231 e. The second-order valence-electron chi connectivity index (χ2n) is 4.19. The standard InChI is InChI=1S/C14H15NO2S/c1-2-11(14-4-3-7-18-14)15-10-5-6-12-13(8-10)17-9-16-12/h3-8,11,15H,2,9H2,1H3. The third kappa shape index (κ3) is 2.16. The fraction of sp³-hybridized carbons (Fsp3) is 0.286. The van der Waals surface area contributed by atoms with E-state index in [0.29, 0.717) is 12.8 Å². The van der Waals surface area contributed by atoms with Crippen LogP contribution >= 0.6 is 11.3 Å². The molecule has 18 heavy (non-hydrogen) atoms. The van der Waals surface area contributed by atoms with Gasteiger partial charge in [-0.15, -0.1) is 11.3 Å². The van der Waals surface area contributed by atoms with Gasteiger partial charge in [-0.3, -0.25) is 0 Å². The van der Waals surface area contributed by atoms with Crippen molar-refractivity contribution in [1.82, 2.24) is 0 Å². The van der Waals surface area contributed by atoms with Crippen LogP contribution in [0.1, 0.15) is 24.3 Å². The Morgan fingerprint density at radius 2 is 2.17 bits per heavy atom. The quantitative estimate of drug-likeness (QED) is 0.901. The van der Waals surface area contributed by atoms with Gasteiger partial charge in [-0.25, -0.2) is 0 Å². The average Bonchev–Trinajstić information content (AvgIpc) is 3.06. The summed E-state index contributed by atoms with van der Waals surface area (Å²) in [5.74, 6) is 1.64. The predicted molar refractivity (Wildman–Crippen MR) is 73.5 cm³/mol. The summed E-state index contributed by atoms with van der Waals surface area (Å²) < 4.78 is 10.7. The zero-order valence-electron chi connectivity index (χ0n) is 10.2. The lowest BCUT2D eigenvalue weighted by Crippen LogP contribution is -2.07. The highest BCUT2D eigenvalue weighted by Gasteiger charge is 2.15. The van der Waals surface area contributed by atoms with Crippen LogP contribution in [0, 0.1) is 0 Å². The van der Waals surface area contributed by atoms with Crippen LogP contribution in [0.4, 0.5) is 5.69 Å². The SMILES string of the molecule is CCC(Nc1ccc2c(c1)OCO2)c1cccs1. The van der Waals surface area contributed by atoms with E-state index in [0.717, 1.165) is 23.6 Å². The van der Waals surface area contributed by atoms with E-state index in [1.165, 1.54) is 4.88 Å². The molecule has 0 aliphatic carbocycles. The molecule has 0 spiro atoms. The molecule has 1 aromatic heterocycles. The molecule has 0 amide bonds. The van der Waals surface area contributed by atoms with Gasteiger partial charge in [-0.2, -0.15) is 0 Å². The Labute approximate surface area is 110 Å². The number of benzene rings is 1. The Morgan fingerprint density at radius 3 is 2.94 bits per heavy atom. The van der Waals surface area contributed by atoms with Crippen molar-refractivity contribution in [2.75, 3.05) is 12.1 Å². The summed E-state index contributed by atoms with van der Waals surface area (Å²) in [5, 5.41) is 5.65. The molecule has 1 unspecified atom stereocenters. The predicted octanol–water partition coefficient (Wildman–Crippen LogP) is 4.04. The van der Waals surface area contributed by atoms with Crippen LogP contribution in [0.5, 0.6) is 11.5 Å². The molecule has 4 heteroatoms. The van der Waals surface area contributed by atoms with Crippen molar-refractivity contribution in [3.05, 3.63) is 40.6 Å². The van der Waals surface area contributed by atoms with Gasteiger partial charge in [0.2, 0.25) is 6.79 Å². The van der Waals surface area contributed by atoms with Gasteiger partial charge in [-0.05, 0) is 30.0 Å².